The van der Waals surface area contributed by atoms with E-state index in [-0.39, 0.29) is 12.5 Å². The highest BCUT2D eigenvalue weighted by Crippen LogP contribution is 2.34. The summed E-state index contributed by atoms with van der Waals surface area (Å²) >= 11 is 13.9. The van der Waals surface area contributed by atoms with Gasteiger partial charge < -0.3 is 24.4 Å². The predicted molar refractivity (Wildman–Crippen MR) is 125 cm³/mol. The lowest BCUT2D eigenvalue weighted by Gasteiger charge is -2.29. The number of para-hydroxylation sites is 1. The van der Waals surface area contributed by atoms with Crippen LogP contribution in [0.3, 0.4) is 0 Å². The van der Waals surface area contributed by atoms with Crippen LogP contribution in [-0.4, -0.2) is 55.8 Å². The average Bonchev–Trinajstić information content (AvgIpc) is 2.74. The van der Waals surface area contributed by atoms with Crippen LogP contribution < -0.4 is 14.8 Å². The van der Waals surface area contributed by atoms with Gasteiger partial charge in [0, 0.05) is 18.7 Å². The lowest BCUT2D eigenvalue weighted by Crippen LogP contribution is -2.40. The smallest absolute Gasteiger partial charge is 0.262 e. The number of rotatable bonds is 6. The summed E-state index contributed by atoms with van der Waals surface area (Å²) in [5.74, 6) is 0.702. The summed E-state index contributed by atoms with van der Waals surface area (Å²) in [7, 11) is 1.56. The number of hydrogen-bond acceptors (Lipinski definition) is 5. The second-order valence-corrected chi connectivity index (χ2v) is 8.17. The molecule has 154 valence electrons. The molecule has 3 rings (SSSR count). The molecule has 1 saturated heterocycles. The monoisotopic (exact) mass is 546 g/mol. The quantitative estimate of drug-likeness (QED) is 0.437. The molecule has 1 amide bonds. The zero-order valence-corrected chi connectivity index (χ0v) is 19.5. The zero-order chi connectivity index (χ0) is 20.8. The van der Waals surface area contributed by atoms with Crippen LogP contribution in [0, 0.1) is 3.57 Å². The predicted octanol–water partition coefficient (Wildman–Crippen LogP) is 3.98. The number of nitrogens with zero attached hydrogens (tertiary/aromatic N) is 1. The highest BCUT2D eigenvalue weighted by molar-refractivity contribution is 14.1. The van der Waals surface area contributed by atoms with Crippen LogP contribution in [-0.2, 0) is 9.53 Å². The molecule has 0 aliphatic carbocycles. The zero-order valence-electron chi connectivity index (χ0n) is 15.7. The van der Waals surface area contributed by atoms with E-state index in [1.54, 1.807) is 31.4 Å². The number of carbonyl (C=O) groups is 1. The Morgan fingerprint density at radius 3 is 2.72 bits per heavy atom. The van der Waals surface area contributed by atoms with E-state index in [2.05, 4.69) is 32.8 Å². The van der Waals surface area contributed by atoms with Gasteiger partial charge in [0.1, 0.15) is 4.99 Å². The number of morpholine rings is 1. The summed E-state index contributed by atoms with van der Waals surface area (Å²) in [5.41, 5.74) is 1.41. The molecular weight excluding hydrogens is 527 g/mol. The Labute approximate surface area is 193 Å². The van der Waals surface area contributed by atoms with Gasteiger partial charge in [-0.15, -0.1) is 0 Å². The number of methoxy groups -OCH3 is 1. The standard InChI is InChI=1S/C20H20ClIN2O4S/c1-26-17-11-13(20(29)24-6-8-27-9-7-24)10-15(22)19(17)28-12-18(25)23-16-5-3-2-4-14(16)21/h2-5,10-11H,6-9,12H2,1H3,(H,23,25). The van der Waals surface area contributed by atoms with Crippen molar-refractivity contribution in [2.75, 3.05) is 45.3 Å². The number of carbonyl (C=O) groups excluding carboxylic acids is 1. The fourth-order valence-electron chi connectivity index (χ4n) is 2.82. The molecule has 1 aliphatic heterocycles. The van der Waals surface area contributed by atoms with Gasteiger partial charge in [-0.1, -0.05) is 36.0 Å². The summed E-state index contributed by atoms with van der Waals surface area (Å²) in [4.78, 5) is 15.1. The van der Waals surface area contributed by atoms with E-state index in [0.717, 1.165) is 27.2 Å². The van der Waals surface area contributed by atoms with Crippen LogP contribution in [0.15, 0.2) is 36.4 Å². The van der Waals surface area contributed by atoms with Crippen molar-refractivity contribution in [3.8, 4) is 11.5 Å². The number of halogens is 2. The Hall–Kier alpha value is -1.62. The molecule has 0 saturated carbocycles. The van der Waals surface area contributed by atoms with Gasteiger partial charge in [-0.2, -0.15) is 0 Å². The van der Waals surface area contributed by atoms with E-state index in [4.69, 9.17) is 38.0 Å². The number of thiocarbonyl (C=S) groups is 1. The van der Waals surface area contributed by atoms with E-state index >= 15 is 0 Å². The largest absolute Gasteiger partial charge is 0.493 e. The highest BCUT2D eigenvalue weighted by Gasteiger charge is 2.20. The normalized spacial score (nSPS) is 13.7. The van der Waals surface area contributed by atoms with Crippen molar-refractivity contribution >= 4 is 63.0 Å². The number of ether oxygens (including phenoxy) is 3. The molecule has 0 atom stereocenters. The molecule has 0 unspecified atom stereocenters. The molecule has 0 bridgehead atoms. The van der Waals surface area contributed by atoms with E-state index < -0.39 is 0 Å². The number of benzene rings is 2. The molecular formula is C20H20ClIN2O4S. The first-order valence-electron chi connectivity index (χ1n) is 8.91. The van der Waals surface area contributed by atoms with Crippen LogP contribution in [0.1, 0.15) is 5.56 Å². The molecule has 1 fully saturated rings. The minimum atomic E-state index is -0.316. The first-order valence-corrected chi connectivity index (χ1v) is 10.8. The maximum atomic E-state index is 12.3. The Kier molecular flexibility index (Phi) is 7.93. The average molecular weight is 547 g/mol. The summed E-state index contributed by atoms with van der Waals surface area (Å²) in [6.45, 7) is 2.67. The molecule has 0 radical (unpaired) electrons. The molecule has 9 heteroatoms. The highest BCUT2D eigenvalue weighted by atomic mass is 127. The van der Waals surface area contributed by atoms with Gasteiger partial charge in [0.15, 0.2) is 18.1 Å². The first kappa shape index (κ1) is 22.1. The lowest BCUT2D eigenvalue weighted by atomic mass is 10.1. The van der Waals surface area contributed by atoms with Gasteiger partial charge in [0.05, 0.1) is 34.6 Å². The summed E-state index contributed by atoms with van der Waals surface area (Å²) in [5, 5.41) is 3.20. The third-order valence-electron chi connectivity index (χ3n) is 4.27. The summed E-state index contributed by atoms with van der Waals surface area (Å²) in [6.07, 6.45) is 0. The van der Waals surface area contributed by atoms with Crippen molar-refractivity contribution in [1.29, 1.82) is 0 Å². The maximum Gasteiger partial charge on any atom is 0.262 e. The molecule has 2 aromatic rings. The molecule has 29 heavy (non-hydrogen) atoms. The third kappa shape index (κ3) is 5.71. The van der Waals surface area contributed by atoms with Crippen LogP contribution in [0.25, 0.3) is 0 Å². The van der Waals surface area contributed by atoms with E-state index in [1.807, 2.05) is 12.1 Å². The van der Waals surface area contributed by atoms with E-state index in [1.165, 1.54) is 0 Å². The third-order valence-corrected chi connectivity index (χ3v) is 5.90. The van der Waals surface area contributed by atoms with Gasteiger partial charge in [0.2, 0.25) is 0 Å². The van der Waals surface area contributed by atoms with Gasteiger partial charge in [0.25, 0.3) is 5.91 Å². The van der Waals surface area contributed by atoms with E-state index in [0.29, 0.717) is 35.4 Å². The minimum absolute atomic E-state index is 0.176. The molecule has 2 aromatic carbocycles. The van der Waals surface area contributed by atoms with Crippen LogP contribution in [0.2, 0.25) is 5.02 Å². The van der Waals surface area contributed by atoms with Crippen LogP contribution in [0.5, 0.6) is 11.5 Å². The topological polar surface area (TPSA) is 60.0 Å². The summed E-state index contributed by atoms with van der Waals surface area (Å²) in [6, 6.07) is 10.8. The SMILES string of the molecule is COc1cc(C(=S)N2CCOCC2)cc(I)c1OCC(=O)Nc1ccccc1Cl. The van der Waals surface area contributed by atoms with Gasteiger partial charge in [-0.25, -0.2) is 0 Å². The minimum Gasteiger partial charge on any atom is -0.493 e. The number of hydrogen-bond donors (Lipinski definition) is 1. The Balaban J connectivity index is 1.70. The molecule has 0 aromatic heterocycles. The first-order chi connectivity index (χ1) is 14.0. The fourth-order valence-corrected chi connectivity index (χ4v) is 4.06. The number of amides is 1. The lowest BCUT2D eigenvalue weighted by molar-refractivity contribution is -0.118. The Morgan fingerprint density at radius 2 is 2.03 bits per heavy atom. The van der Waals surface area contributed by atoms with Crippen LogP contribution in [0.4, 0.5) is 5.69 Å². The van der Waals surface area contributed by atoms with Gasteiger partial charge in [-0.05, 0) is 46.9 Å². The van der Waals surface area contributed by atoms with Crippen molar-refractivity contribution in [3.63, 3.8) is 0 Å². The van der Waals surface area contributed by atoms with Crippen molar-refractivity contribution in [2.24, 2.45) is 0 Å². The van der Waals surface area contributed by atoms with Crippen molar-refractivity contribution in [2.45, 2.75) is 0 Å². The molecule has 1 N–H and O–H groups in total. The molecule has 6 nitrogen and oxygen atoms in total. The second-order valence-electron chi connectivity index (χ2n) is 6.21. The molecule has 1 heterocycles. The van der Waals surface area contributed by atoms with E-state index in [9.17, 15) is 4.79 Å². The maximum absolute atomic E-state index is 12.3. The van der Waals surface area contributed by atoms with Gasteiger partial charge in [-0.3, -0.25) is 4.79 Å². The Bertz CT molecular complexity index is 906. The van der Waals surface area contributed by atoms with Crippen molar-refractivity contribution < 1.29 is 19.0 Å². The number of anilines is 1. The molecule has 0 spiro atoms. The van der Waals surface area contributed by atoms with Gasteiger partial charge >= 0.3 is 0 Å². The fraction of sp³-hybridized carbons (Fsp3) is 0.300. The Morgan fingerprint density at radius 1 is 1.31 bits per heavy atom. The van der Waals surface area contributed by atoms with Crippen molar-refractivity contribution in [1.82, 2.24) is 4.90 Å². The number of nitrogens with one attached hydrogen (secondary N) is 1. The van der Waals surface area contributed by atoms with Crippen LogP contribution >= 0.6 is 46.4 Å². The second kappa shape index (κ2) is 10.4. The molecule has 1 aliphatic rings. The van der Waals surface area contributed by atoms with Crippen molar-refractivity contribution in [3.05, 3.63) is 50.6 Å². The summed E-state index contributed by atoms with van der Waals surface area (Å²) < 4.78 is 17.4.